The van der Waals surface area contributed by atoms with Gasteiger partial charge in [-0.1, -0.05) is 6.42 Å². The summed E-state index contributed by atoms with van der Waals surface area (Å²) in [7, 11) is -2.33. The summed E-state index contributed by atoms with van der Waals surface area (Å²) in [6, 6.07) is 1.26. The van der Waals surface area contributed by atoms with E-state index < -0.39 is 16.0 Å². The van der Waals surface area contributed by atoms with E-state index in [4.69, 9.17) is 0 Å². The maximum absolute atomic E-state index is 12.8. The Kier molecular flexibility index (Phi) is 3.98. The van der Waals surface area contributed by atoms with E-state index in [2.05, 4.69) is 11.9 Å². The lowest BCUT2D eigenvalue weighted by Crippen LogP contribution is -2.55. The van der Waals surface area contributed by atoms with E-state index in [-0.39, 0.29) is 24.3 Å². The largest absolute Gasteiger partial charge is 0.339 e. The molecule has 0 aromatic carbocycles. The van der Waals surface area contributed by atoms with Crippen LogP contribution < -0.4 is 0 Å². The van der Waals surface area contributed by atoms with Crippen LogP contribution in [-0.2, 0) is 15.0 Å². The summed E-state index contributed by atoms with van der Waals surface area (Å²) >= 11 is 0. The van der Waals surface area contributed by atoms with Gasteiger partial charge in [-0.15, -0.1) is 3.89 Å². The van der Waals surface area contributed by atoms with Gasteiger partial charge in [-0.3, -0.25) is 4.79 Å². The molecule has 0 N–H and O–H groups in total. The van der Waals surface area contributed by atoms with Gasteiger partial charge in [-0.25, -0.2) is 0 Å². The molecule has 5 nitrogen and oxygen atoms in total. The number of hydrogen-bond acceptors (Lipinski definition) is 4. The third kappa shape index (κ3) is 3.23. The van der Waals surface area contributed by atoms with Crippen molar-refractivity contribution in [2.45, 2.75) is 56.7 Å². The maximum atomic E-state index is 12.8. The Morgan fingerprint density at radius 1 is 1.19 bits per heavy atom. The molecule has 0 aromatic rings. The van der Waals surface area contributed by atoms with E-state index in [1.165, 1.54) is 19.3 Å². The van der Waals surface area contributed by atoms with Gasteiger partial charge in [-0.2, -0.15) is 8.42 Å². The van der Waals surface area contributed by atoms with Crippen LogP contribution in [0.2, 0.25) is 0 Å². The van der Waals surface area contributed by atoms with Gasteiger partial charge in [0.25, 0.3) is 0 Å². The number of halogens is 1. The molecule has 0 aromatic heterocycles. The van der Waals surface area contributed by atoms with Gasteiger partial charge in [-0.05, 0) is 32.7 Å². The molecular formula is C14H23FN2O3S. The molecule has 3 saturated heterocycles. The van der Waals surface area contributed by atoms with Crippen LogP contribution in [0, 0.1) is 5.92 Å². The smallest absolute Gasteiger partial charge is 0.302 e. The molecule has 1 amide bonds. The van der Waals surface area contributed by atoms with Crippen molar-refractivity contribution in [3.63, 3.8) is 0 Å². The lowest BCUT2D eigenvalue weighted by molar-refractivity contribution is -0.131. The van der Waals surface area contributed by atoms with E-state index in [1.807, 2.05) is 4.90 Å². The minimum atomic E-state index is -4.50. The normalized spacial score (nSPS) is 38.0. The second-order valence-corrected chi connectivity index (χ2v) is 8.26. The topological polar surface area (TPSA) is 57.7 Å². The summed E-state index contributed by atoms with van der Waals surface area (Å²) in [6.07, 6.45) is 5.71. The van der Waals surface area contributed by atoms with Crippen LogP contribution in [0.3, 0.4) is 0 Å². The molecule has 0 aliphatic carbocycles. The Labute approximate surface area is 125 Å². The van der Waals surface area contributed by atoms with Crippen LogP contribution in [-0.4, -0.2) is 61.6 Å². The molecule has 0 spiro atoms. The third-order valence-electron chi connectivity index (χ3n) is 5.43. The van der Waals surface area contributed by atoms with Crippen LogP contribution in [0.4, 0.5) is 3.89 Å². The molecule has 2 unspecified atom stereocenters. The van der Waals surface area contributed by atoms with Crippen molar-refractivity contribution in [1.82, 2.24) is 9.80 Å². The number of rotatable bonds is 3. The Morgan fingerprint density at radius 2 is 1.81 bits per heavy atom. The van der Waals surface area contributed by atoms with Gasteiger partial charge in [0.15, 0.2) is 0 Å². The Balaban J connectivity index is 1.66. The van der Waals surface area contributed by atoms with Gasteiger partial charge in [0, 0.05) is 37.0 Å². The van der Waals surface area contributed by atoms with Crippen LogP contribution in [0.5, 0.6) is 0 Å². The zero-order chi connectivity index (χ0) is 15.2. The Bertz CT molecular complexity index is 510. The Hall–Kier alpha value is -0.690. The summed E-state index contributed by atoms with van der Waals surface area (Å²) in [5.41, 5.74) is 0. The molecule has 3 fully saturated rings. The standard InChI is InChI=1S/C14H23FN2O3S/c1-16-11-3-2-4-12(16)7-13(6-11)17-8-10(5-14(17)18)9-21(15,19)20/h10-13H,2-9H2,1H3/t10?,11-,12+,13?. The summed E-state index contributed by atoms with van der Waals surface area (Å²) in [5.74, 6) is -0.905. The number of carbonyl (C=O) groups excluding carboxylic acids is 1. The fraction of sp³-hybridized carbons (Fsp3) is 0.929. The predicted octanol–water partition coefficient (Wildman–Crippen LogP) is 1.15. The minimum Gasteiger partial charge on any atom is -0.339 e. The highest BCUT2D eigenvalue weighted by molar-refractivity contribution is 7.86. The van der Waals surface area contributed by atoms with Gasteiger partial charge < -0.3 is 9.80 Å². The van der Waals surface area contributed by atoms with Crippen LogP contribution in [0.15, 0.2) is 0 Å². The fourth-order valence-corrected chi connectivity index (χ4v) is 5.18. The van der Waals surface area contributed by atoms with Crippen molar-refractivity contribution in [2.24, 2.45) is 5.92 Å². The van der Waals surface area contributed by atoms with Gasteiger partial charge in [0.1, 0.15) is 0 Å². The van der Waals surface area contributed by atoms with Crippen molar-refractivity contribution in [3.8, 4) is 0 Å². The fourth-order valence-electron chi connectivity index (χ4n) is 4.40. The van der Waals surface area contributed by atoms with Gasteiger partial charge in [0.05, 0.1) is 5.75 Å². The molecule has 120 valence electrons. The number of nitrogens with zero attached hydrogens (tertiary/aromatic N) is 2. The van der Waals surface area contributed by atoms with Gasteiger partial charge >= 0.3 is 10.2 Å². The summed E-state index contributed by atoms with van der Waals surface area (Å²) in [6.45, 7) is 0.399. The van der Waals surface area contributed by atoms with Crippen molar-refractivity contribution in [2.75, 3.05) is 19.3 Å². The van der Waals surface area contributed by atoms with Crippen molar-refractivity contribution >= 4 is 16.1 Å². The lowest BCUT2D eigenvalue weighted by atomic mass is 9.82. The molecule has 3 heterocycles. The highest BCUT2D eigenvalue weighted by Gasteiger charge is 2.43. The molecular weight excluding hydrogens is 295 g/mol. The predicted molar refractivity (Wildman–Crippen MR) is 76.9 cm³/mol. The first-order valence-electron chi connectivity index (χ1n) is 7.77. The number of fused-ring (bicyclic) bond motifs is 2. The Morgan fingerprint density at radius 3 is 2.38 bits per heavy atom. The molecule has 4 atom stereocenters. The molecule has 21 heavy (non-hydrogen) atoms. The number of piperidine rings is 2. The number of amides is 1. The van der Waals surface area contributed by atoms with Crippen molar-refractivity contribution in [3.05, 3.63) is 0 Å². The zero-order valence-electron chi connectivity index (χ0n) is 12.4. The van der Waals surface area contributed by atoms with Crippen molar-refractivity contribution in [1.29, 1.82) is 0 Å². The van der Waals surface area contributed by atoms with Gasteiger partial charge in [0.2, 0.25) is 5.91 Å². The maximum Gasteiger partial charge on any atom is 0.302 e. The monoisotopic (exact) mass is 318 g/mol. The van der Waals surface area contributed by atoms with Crippen LogP contribution >= 0.6 is 0 Å². The second-order valence-electron chi connectivity index (χ2n) is 6.85. The lowest BCUT2D eigenvalue weighted by Gasteiger charge is -2.49. The molecule has 7 heteroatoms. The first kappa shape index (κ1) is 15.2. The SMILES string of the molecule is CN1[C@@H]2CCC[C@H]1CC(N1CC(CS(=O)(=O)F)CC1=O)C2. The second kappa shape index (κ2) is 5.50. The van der Waals surface area contributed by atoms with Crippen molar-refractivity contribution < 1.29 is 17.1 Å². The summed E-state index contributed by atoms with van der Waals surface area (Å²) in [4.78, 5) is 16.4. The first-order valence-corrected chi connectivity index (χ1v) is 9.32. The third-order valence-corrected chi connectivity index (χ3v) is 6.30. The minimum absolute atomic E-state index is 0.00345. The number of carbonyl (C=O) groups is 1. The molecule has 3 aliphatic rings. The van der Waals surface area contributed by atoms with Crippen LogP contribution in [0.1, 0.15) is 38.5 Å². The summed E-state index contributed by atoms with van der Waals surface area (Å²) < 4.78 is 34.4. The van der Waals surface area contributed by atoms with E-state index in [0.29, 0.717) is 18.6 Å². The molecule has 3 rings (SSSR count). The average Bonchev–Trinajstić information content (AvgIpc) is 2.67. The highest BCUT2D eigenvalue weighted by Crippen LogP contribution is 2.36. The quantitative estimate of drug-likeness (QED) is 0.733. The molecule has 0 saturated carbocycles. The molecule has 3 aliphatic heterocycles. The van der Waals surface area contributed by atoms with E-state index in [9.17, 15) is 17.1 Å². The highest BCUT2D eigenvalue weighted by atomic mass is 32.3. The number of hydrogen-bond donors (Lipinski definition) is 0. The molecule has 0 radical (unpaired) electrons. The average molecular weight is 318 g/mol. The molecule has 2 bridgehead atoms. The van der Waals surface area contributed by atoms with Crippen LogP contribution in [0.25, 0.3) is 0 Å². The van der Waals surface area contributed by atoms with E-state index in [1.54, 1.807) is 0 Å². The first-order chi connectivity index (χ1) is 9.83. The van der Waals surface area contributed by atoms with E-state index in [0.717, 1.165) is 12.8 Å². The summed E-state index contributed by atoms with van der Waals surface area (Å²) in [5, 5.41) is 0. The zero-order valence-corrected chi connectivity index (χ0v) is 13.2. The number of likely N-dealkylation sites (tertiary alicyclic amines) is 1. The van der Waals surface area contributed by atoms with E-state index >= 15 is 0 Å².